The zero-order valence-electron chi connectivity index (χ0n) is 16.1. The first kappa shape index (κ1) is 18.6. The van der Waals surface area contributed by atoms with Crippen molar-refractivity contribution in [3.8, 4) is 5.82 Å². The van der Waals surface area contributed by atoms with Crippen LogP contribution in [0.3, 0.4) is 0 Å². The lowest BCUT2D eigenvalue weighted by Crippen LogP contribution is -2.49. The molecule has 0 spiro atoms. The van der Waals surface area contributed by atoms with E-state index in [1.807, 2.05) is 42.1 Å². The molecule has 0 saturated carbocycles. The van der Waals surface area contributed by atoms with Gasteiger partial charge in [0.25, 0.3) is 10.0 Å². The second-order valence-corrected chi connectivity index (χ2v) is 8.74. The van der Waals surface area contributed by atoms with Crippen molar-refractivity contribution in [1.82, 2.24) is 28.4 Å². The van der Waals surface area contributed by atoms with Crippen LogP contribution < -0.4 is 4.90 Å². The second kappa shape index (κ2) is 7.02. The lowest BCUT2D eigenvalue weighted by molar-refractivity contribution is 0.382. The number of nitrogens with zero attached hydrogens (tertiary/aromatic N) is 7. The van der Waals surface area contributed by atoms with Crippen LogP contribution in [0.4, 0.5) is 5.82 Å². The maximum atomic E-state index is 12.9. The van der Waals surface area contributed by atoms with E-state index in [1.165, 1.54) is 4.31 Å². The lowest BCUT2D eigenvalue weighted by atomic mass is 10.3. The number of aromatic nitrogens is 5. The molecular formula is C18H23N7O2S. The molecule has 1 saturated heterocycles. The molecule has 28 heavy (non-hydrogen) atoms. The predicted octanol–water partition coefficient (Wildman–Crippen LogP) is 1.13. The van der Waals surface area contributed by atoms with Crippen LogP contribution in [0.5, 0.6) is 0 Å². The third kappa shape index (κ3) is 3.40. The molecule has 0 N–H and O–H groups in total. The maximum Gasteiger partial charge on any atom is 0.262 e. The van der Waals surface area contributed by atoms with E-state index in [2.05, 4.69) is 19.9 Å². The van der Waals surface area contributed by atoms with Crippen molar-refractivity contribution < 1.29 is 8.42 Å². The third-order valence-corrected chi connectivity index (χ3v) is 6.70. The van der Waals surface area contributed by atoms with Crippen LogP contribution in [-0.4, -0.2) is 63.0 Å². The van der Waals surface area contributed by atoms with Crippen LogP contribution in [-0.2, 0) is 17.1 Å². The molecule has 3 aromatic rings. The fourth-order valence-corrected chi connectivity index (χ4v) is 4.71. The normalized spacial score (nSPS) is 15.9. The van der Waals surface area contributed by atoms with Crippen molar-refractivity contribution in [2.75, 3.05) is 31.1 Å². The maximum absolute atomic E-state index is 12.9. The van der Waals surface area contributed by atoms with Gasteiger partial charge in [0.05, 0.1) is 0 Å². The number of rotatable bonds is 4. The van der Waals surface area contributed by atoms with Gasteiger partial charge in [-0.2, -0.15) is 4.31 Å². The summed E-state index contributed by atoms with van der Waals surface area (Å²) in [5, 5.41) is 0.105. The summed E-state index contributed by atoms with van der Waals surface area (Å²) in [5.41, 5.74) is 0. The summed E-state index contributed by atoms with van der Waals surface area (Å²) in [6.45, 7) is 5.55. The zero-order chi connectivity index (χ0) is 19.9. The van der Waals surface area contributed by atoms with Crippen LogP contribution in [0.15, 0.2) is 41.8 Å². The molecule has 10 heteroatoms. The first-order valence-electron chi connectivity index (χ1n) is 9.09. The minimum Gasteiger partial charge on any atom is -0.354 e. The Morgan fingerprint density at radius 3 is 2.18 bits per heavy atom. The quantitative estimate of drug-likeness (QED) is 0.651. The van der Waals surface area contributed by atoms with Crippen molar-refractivity contribution in [1.29, 1.82) is 0 Å². The van der Waals surface area contributed by atoms with Gasteiger partial charge < -0.3 is 14.0 Å². The van der Waals surface area contributed by atoms with Gasteiger partial charge >= 0.3 is 0 Å². The highest BCUT2D eigenvalue weighted by Crippen LogP contribution is 2.21. The number of piperazine rings is 1. The zero-order valence-corrected chi connectivity index (χ0v) is 17.0. The molecule has 0 unspecified atom stereocenters. The Bertz CT molecular complexity index is 1060. The van der Waals surface area contributed by atoms with E-state index in [-0.39, 0.29) is 5.03 Å². The molecule has 0 aromatic carbocycles. The molecule has 4 rings (SSSR count). The average molecular weight is 401 g/mol. The van der Waals surface area contributed by atoms with E-state index < -0.39 is 10.0 Å². The molecule has 0 bridgehead atoms. The van der Waals surface area contributed by atoms with Gasteiger partial charge in [0, 0.05) is 57.9 Å². The largest absolute Gasteiger partial charge is 0.354 e. The van der Waals surface area contributed by atoms with E-state index in [0.717, 1.165) is 11.6 Å². The Morgan fingerprint density at radius 1 is 0.929 bits per heavy atom. The van der Waals surface area contributed by atoms with Crippen LogP contribution >= 0.6 is 0 Å². The molecule has 1 aliphatic heterocycles. The summed E-state index contributed by atoms with van der Waals surface area (Å²) in [4.78, 5) is 15.3. The van der Waals surface area contributed by atoms with Gasteiger partial charge in [-0.05, 0) is 26.0 Å². The van der Waals surface area contributed by atoms with Gasteiger partial charge in [-0.25, -0.2) is 23.4 Å². The van der Waals surface area contributed by atoms with Crippen LogP contribution in [0.25, 0.3) is 5.82 Å². The SMILES string of the molecule is Cc1nc(N2CCN(S(=O)(=O)c3cn(C)c(C)n3)CC2)cc(-n2cccc2)n1. The van der Waals surface area contributed by atoms with Crippen molar-refractivity contribution in [2.45, 2.75) is 18.9 Å². The molecule has 0 atom stereocenters. The fraction of sp³-hybridized carbons (Fsp3) is 0.389. The second-order valence-electron chi connectivity index (χ2n) is 6.85. The first-order valence-corrected chi connectivity index (χ1v) is 10.5. The summed E-state index contributed by atoms with van der Waals surface area (Å²) in [7, 11) is -1.79. The highest BCUT2D eigenvalue weighted by molar-refractivity contribution is 7.89. The van der Waals surface area contributed by atoms with E-state index in [1.54, 1.807) is 24.7 Å². The molecule has 3 aromatic heterocycles. The van der Waals surface area contributed by atoms with Crippen molar-refractivity contribution in [3.05, 3.63) is 48.4 Å². The monoisotopic (exact) mass is 401 g/mol. The minimum absolute atomic E-state index is 0.105. The number of hydrogen-bond donors (Lipinski definition) is 0. The topological polar surface area (TPSA) is 89.2 Å². The number of sulfonamides is 1. The number of hydrogen-bond acceptors (Lipinski definition) is 6. The number of aryl methyl sites for hydroxylation is 3. The lowest BCUT2D eigenvalue weighted by Gasteiger charge is -2.34. The van der Waals surface area contributed by atoms with Crippen molar-refractivity contribution >= 4 is 15.8 Å². The van der Waals surface area contributed by atoms with Crippen LogP contribution in [0.2, 0.25) is 0 Å². The van der Waals surface area contributed by atoms with E-state index in [0.29, 0.717) is 37.8 Å². The number of anilines is 1. The van der Waals surface area contributed by atoms with Gasteiger partial charge in [-0.3, -0.25) is 0 Å². The van der Waals surface area contributed by atoms with Gasteiger partial charge in [0.15, 0.2) is 5.03 Å². The Hall–Kier alpha value is -2.72. The Balaban J connectivity index is 1.51. The fourth-order valence-electron chi connectivity index (χ4n) is 3.26. The van der Waals surface area contributed by atoms with Crippen molar-refractivity contribution in [3.63, 3.8) is 0 Å². The first-order chi connectivity index (χ1) is 13.3. The molecule has 4 heterocycles. The summed E-state index contributed by atoms with van der Waals surface area (Å²) in [5.74, 6) is 2.96. The minimum atomic E-state index is -3.58. The van der Waals surface area contributed by atoms with Gasteiger partial charge in [-0.1, -0.05) is 0 Å². The molecule has 1 aliphatic rings. The molecular weight excluding hydrogens is 378 g/mol. The van der Waals surface area contributed by atoms with Crippen LogP contribution in [0.1, 0.15) is 11.6 Å². The summed E-state index contributed by atoms with van der Waals surface area (Å²) >= 11 is 0. The van der Waals surface area contributed by atoms with E-state index in [4.69, 9.17) is 0 Å². The Labute approximate surface area is 164 Å². The highest BCUT2D eigenvalue weighted by Gasteiger charge is 2.31. The molecule has 1 fully saturated rings. The predicted molar refractivity (Wildman–Crippen MR) is 105 cm³/mol. The smallest absolute Gasteiger partial charge is 0.262 e. The standard InChI is InChI=1S/C18H23N7O2S/c1-14-19-16(23-6-4-5-7-23)12-17(20-14)24-8-10-25(11-9-24)28(26,27)18-13-22(3)15(2)21-18/h4-7,12-13H,8-11H2,1-3H3. The van der Waals surface area contributed by atoms with E-state index >= 15 is 0 Å². The highest BCUT2D eigenvalue weighted by atomic mass is 32.2. The Morgan fingerprint density at radius 2 is 1.57 bits per heavy atom. The van der Waals surface area contributed by atoms with Gasteiger partial charge in [0.1, 0.15) is 23.3 Å². The van der Waals surface area contributed by atoms with Crippen LogP contribution in [0, 0.1) is 13.8 Å². The number of imidazole rings is 1. The molecule has 0 radical (unpaired) electrons. The van der Waals surface area contributed by atoms with Crippen molar-refractivity contribution in [2.24, 2.45) is 7.05 Å². The summed E-state index contributed by atoms with van der Waals surface area (Å²) < 4.78 is 30.9. The van der Waals surface area contributed by atoms with Gasteiger partial charge in [0.2, 0.25) is 0 Å². The Kier molecular flexibility index (Phi) is 4.68. The molecule has 0 amide bonds. The summed E-state index contributed by atoms with van der Waals surface area (Å²) in [6.07, 6.45) is 5.43. The molecule has 148 valence electrons. The average Bonchev–Trinajstić information content (AvgIpc) is 3.32. The molecule has 9 nitrogen and oxygen atoms in total. The third-order valence-electron chi connectivity index (χ3n) is 4.93. The van der Waals surface area contributed by atoms with Gasteiger partial charge in [-0.15, -0.1) is 0 Å². The summed E-state index contributed by atoms with van der Waals surface area (Å²) in [6, 6.07) is 5.82. The molecule has 0 aliphatic carbocycles. The van der Waals surface area contributed by atoms with E-state index in [9.17, 15) is 8.42 Å².